The van der Waals surface area contributed by atoms with E-state index in [1.165, 1.54) is 11.8 Å². The number of nitrogens with zero attached hydrogens (tertiary/aromatic N) is 1. The van der Waals surface area contributed by atoms with Gasteiger partial charge in [-0.3, -0.25) is 4.79 Å². The molecule has 1 N–H and O–H groups in total. The number of amides is 1. The first-order valence-electron chi connectivity index (χ1n) is 6.06. The van der Waals surface area contributed by atoms with Crippen LogP contribution in [0.3, 0.4) is 0 Å². The van der Waals surface area contributed by atoms with E-state index >= 15 is 0 Å². The molecular weight excluding hydrogens is 291 g/mol. The molecule has 1 unspecified atom stereocenters. The fourth-order valence-electron chi connectivity index (χ4n) is 1.99. The number of halogens is 3. The molecule has 1 heterocycles. The first-order valence-corrected chi connectivity index (χ1v) is 7.05. The molecular formula is C13H14F3NO2S. The van der Waals surface area contributed by atoms with Gasteiger partial charge in [-0.2, -0.15) is 13.2 Å². The number of likely N-dealkylation sites (tertiary alicyclic amines) is 1. The summed E-state index contributed by atoms with van der Waals surface area (Å²) in [6, 6.07) is 9.15. The second kappa shape index (κ2) is 5.65. The Hall–Kier alpha value is -1.21. The number of β-amino-alcohol motifs (C(OH)–C–C–N with tert-alkyl or cyclic N) is 1. The molecule has 0 spiro atoms. The Labute approximate surface area is 118 Å². The van der Waals surface area contributed by atoms with E-state index in [0.29, 0.717) is 0 Å². The molecule has 110 valence electrons. The van der Waals surface area contributed by atoms with E-state index in [0.717, 1.165) is 9.80 Å². The molecule has 20 heavy (non-hydrogen) atoms. The molecule has 0 radical (unpaired) electrons. The van der Waals surface area contributed by atoms with E-state index in [-0.39, 0.29) is 18.2 Å². The first-order chi connectivity index (χ1) is 9.32. The number of hydrogen-bond acceptors (Lipinski definition) is 3. The summed E-state index contributed by atoms with van der Waals surface area (Å²) in [5, 5.41) is 9.51. The van der Waals surface area contributed by atoms with Gasteiger partial charge in [-0.05, 0) is 12.1 Å². The largest absolute Gasteiger partial charge is 0.419 e. The summed E-state index contributed by atoms with van der Waals surface area (Å²) >= 11 is 1.27. The maximum Gasteiger partial charge on any atom is 0.419 e. The highest BCUT2D eigenvalue weighted by molar-refractivity contribution is 8.00. The SMILES string of the molecule is O=C(CSc1ccccc1)N1CCC(O)(C(F)(F)F)C1. The van der Waals surface area contributed by atoms with Crippen molar-refractivity contribution in [1.29, 1.82) is 0 Å². The molecule has 1 aliphatic heterocycles. The number of aliphatic hydroxyl groups is 1. The van der Waals surface area contributed by atoms with Crippen molar-refractivity contribution in [2.24, 2.45) is 0 Å². The molecule has 0 bridgehead atoms. The van der Waals surface area contributed by atoms with Crippen LogP contribution in [-0.2, 0) is 4.79 Å². The van der Waals surface area contributed by atoms with Gasteiger partial charge in [0.2, 0.25) is 5.91 Å². The highest BCUT2D eigenvalue weighted by Crippen LogP contribution is 2.37. The van der Waals surface area contributed by atoms with Gasteiger partial charge >= 0.3 is 6.18 Å². The topological polar surface area (TPSA) is 40.5 Å². The van der Waals surface area contributed by atoms with Gasteiger partial charge in [-0.25, -0.2) is 0 Å². The number of carbonyl (C=O) groups excluding carboxylic acids is 1. The molecule has 1 aliphatic rings. The summed E-state index contributed by atoms with van der Waals surface area (Å²) in [5.74, 6) is -0.322. The van der Waals surface area contributed by atoms with Crippen molar-refractivity contribution in [3.8, 4) is 0 Å². The summed E-state index contributed by atoms with van der Waals surface area (Å²) in [7, 11) is 0. The lowest BCUT2D eigenvalue weighted by molar-refractivity contribution is -0.253. The summed E-state index contributed by atoms with van der Waals surface area (Å²) in [6.45, 7) is -0.741. The van der Waals surface area contributed by atoms with Gasteiger partial charge in [-0.15, -0.1) is 11.8 Å². The summed E-state index contributed by atoms with van der Waals surface area (Å²) in [6.07, 6.45) is -5.16. The average molecular weight is 305 g/mol. The molecule has 1 saturated heterocycles. The van der Waals surface area contributed by atoms with Crippen LogP contribution in [0, 0.1) is 0 Å². The lowest BCUT2D eigenvalue weighted by Gasteiger charge is -2.25. The van der Waals surface area contributed by atoms with Crippen molar-refractivity contribution in [3.05, 3.63) is 30.3 Å². The average Bonchev–Trinajstić information content (AvgIpc) is 2.81. The van der Waals surface area contributed by atoms with E-state index in [1.807, 2.05) is 30.3 Å². The second-order valence-corrected chi connectivity index (χ2v) is 5.75. The minimum atomic E-state index is -4.70. The quantitative estimate of drug-likeness (QED) is 0.871. The maximum absolute atomic E-state index is 12.6. The molecule has 2 rings (SSSR count). The Morgan fingerprint density at radius 1 is 1.35 bits per heavy atom. The van der Waals surface area contributed by atoms with Crippen molar-refractivity contribution in [3.63, 3.8) is 0 Å². The predicted molar refractivity (Wildman–Crippen MR) is 69.4 cm³/mol. The van der Waals surface area contributed by atoms with E-state index in [9.17, 15) is 23.1 Å². The molecule has 3 nitrogen and oxygen atoms in total. The predicted octanol–water partition coefficient (Wildman–Crippen LogP) is 2.30. The fourth-order valence-corrected chi connectivity index (χ4v) is 2.81. The van der Waals surface area contributed by atoms with Gasteiger partial charge in [0, 0.05) is 17.9 Å². The third-order valence-electron chi connectivity index (χ3n) is 3.23. The lowest BCUT2D eigenvalue weighted by Crippen LogP contribution is -2.48. The van der Waals surface area contributed by atoms with Crippen molar-refractivity contribution in [2.45, 2.75) is 23.1 Å². The number of benzene rings is 1. The molecule has 0 aliphatic carbocycles. The van der Waals surface area contributed by atoms with Gasteiger partial charge in [0.05, 0.1) is 12.3 Å². The van der Waals surface area contributed by atoms with Crippen LogP contribution in [-0.4, -0.2) is 46.5 Å². The third-order valence-corrected chi connectivity index (χ3v) is 4.23. The Kier molecular flexibility index (Phi) is 4.29. The van der Waals surface area contributed by atoms with Gasteiger partial charge < -0.3 is 10.0 Å². The van der Waals surface area contributed by atoms with Crippen LogP contribution < -0.4 is 0 Å². The van der Waals surface area contributed by atoms with Crippen LogP contribution in [0.15, 0.2) is 35.2 Å². The Bertz CT molecular complexity index is 480. The van der Waals surface area contributed by atoms with Crippen LogP contribution in [0.2, 0.25) is 0 Å². The van der Waals surface area contributed by atoms with Gasteiger partial charge in [-0.1, -0.05) is 18.2 Å². The lowest BCUT2D eigenvalue weighted by atomic mass is 10.0. The molecule has 0 aromatic heterocycles. The molecule has 1 aromatic rings. The number of thioether (sulfide) groups is 1. The second-order valence-electron chi connectivity index (χ2n) is 4.70. The smallest absolute Gasteiger partial charge is 0.379 e. The molecule has 0 saturated carbocycles. The van der Waals surface area contributed by atoms with Crippen LogP contribution in [0.1, 0.15) is 6.42 Å². The molecule has 1 amide bonds. The number of hydrogen-bond donors (Lipinski definition) is 1. The van der Waals surface area contributed by atoms with Crippen LogP contribution in [0.4, 0.5) is 13.2 Å². The first kappa shape index (κ1) is 15.2. The number of carbonyl (C=O) groups is 1. The fraction of sp³-hybridized carbons (Fsp3) is 0.462. The molecule has 1 fully saturated rings. The zero-order valence-electron chi connectivity index (χ0n) is 10.6. The van der Waals surface area contributed by atoms with E-state index in [2.05, 4.69) is 0 Å². The van der Waals surface area contributed by atoms with Gasteiger partial charge in [0.1, 0.15) is 0 Å². The summed E-state index contributed by atoms with van der Waals surface area (Å²) in [4.78, 5) is 13.8. The standard InChI is InChI=1S/C13H14F3NO2S/c14-13(15,16)12(19)6-7-17(9-12)11(18)8-20-10-4-2-1-3-5-10/h1-5,19H,6-9H2. The number of rotatable bonds is 3. The highest BCUT2D eigenvalue weighted by atomic mass is 32.2. The van der Waals surface area contributed by atoms with E-state index in [1.54, 1.807) is 0 Å². The number of alkyl halides is 3. The van der Waals surface area contributed by atoms with Gasteiger partial charge in [0.25, 0.3) is 0 Å². The minimum Gasteiger partial charge on any atom is -0.379 e. The van der Waals surface area contributed by atoms with Crippen molar-refractivity contribution < 1.29 is 23.1 Å². The molecule has 1 atom stereocenters. The normalized spacial score (nSPS) is 23.1. The highest BCUT2D eigenvalue weighted by Gasteiger charge is 2.57. The zero-order valence-corrected chi connectivity index (χ0v) is 11.4. The van der Waals surface area contributed by atoms with Crippen LogP contribution >= 0.6 is 11.8 Å². The van der Waals surface area contributed by atoms with Crippen LogP contribution in [0.5, 0.6) is 0 Å². The van der Waals surface area contributed by atoms with Gasteiger partial charge in [0.15, 0.2) is 5.60 Å². The Morgan fingerprint density at radius 3 is 2.55 bits per heavy atom. The van der Waals surface area contributed by atoms with E-state index in [4.69, 9.17) is 0 Å². The molecule has 1 aromatic carbocycles. The summed E-state index contributed by atoms with van der Waals surface area (Å²) in [5.41, 5.74) is -2.76. The Morgan fingerprint density at radius 2 is 2.00 bits per heavy atom. The third kappa shape index (κ3) is 3.27. The molecule has 7 heteroatoms. The van der Waals surface area contributed by atoms with Crippen molar-refractivity contribution >= 4 is 17.7 Å². The monoisotopic (exact) mass is 305 g/mol. The maximum atomic E-state index is 12.6. The zero-order chi connectivity index (χ0) is 14.8. The van der Waals surface area contributed by atoms with Crippen molar-refractivity contribution in [2.75, 3.05) is 18.8 Å². The van der Waals surface area contributed by atoms with Crippen LogP contribution in [0.25, 0.3) is 0 Å². The minimum absolute atomic E-state index is 0.0653. The summed E-state index contributed by atoms with van der Waals surface area (Å²) < 4.78 is 37.9. The Balaban J connectivity index is 1.89. The van der Waals surface area contributed by atoms with Crippen molar-refractivity contribution in [1.82, 2.24) is 4.90 Å². The van der Waals surface area contributed by atoms with E-state index < -0.39 is 24.7 Å².